The average molecular weight is 421 g/mol. The van der Waals surface area contributed by atoms with Crippen molar-refractivity contribution in [3.8, 4) is 0 Å². The molecule has 1 aromatic heterocycles. The summed E-state index contributed by atoms with van der Waals surface area (Å²) in [5.74, 6) is -1.52. The fraction of sp³-hybridized carbons (Fsp3) is 0.556. The van der Waals surface area contributed by atoms with Crippen LogP contribution in [-0.4, -0.2) is 51.1 Å². The predicted octanol–water partition coefficient (Wildman–Crippen LogP) is 3.48. The Morgan fingerprint density at radius 3 is 2.79 bits per heavy atom. The highest BCUT2D eigenvalue weighted by Crippen LogP contribution is 2.32. The fourth-order valence-corrected chi connectivity index (χ4v) is 3.61. The van der Waals surface area contributed by atoms with Gasteiger partial charge in [0.2, 0.25) is 11.7 Å². The van der Waals surface area contributed by atoms with Gasteiger partial charge < -0.3 is 19.5 Å². The number of thioether (sulfide) groups is 1. The standard InChI is InChI=1S/C18H22F3NO5S/c19-18(20,21)15-7-6-14(27-15)13(23)5-3-12-4-8-16(24)22(12)9-1-2-10-28-11-17(25)26/h3,5-7,12-13,23H,1-2,4,8-11H2,(H,25,26)/b5-3+/t12-,13?/m0/s1. The fourth-order valence-electron chi connectivity index (χ4n) is 2.88. The van der Waals surface area contributed by atoms with Gasteiger partial charge in [0.05, 0.1) is 11.8 Å². The number of unbranched alkanes of at least 4 members (excludes halogenated alkanes) is 1. The van der Waals surface area contributed by atoms with E-state index >= 15 is 0 Å². The van der Waals surface area contributed by atoms with Gasteiger partial charge in [0, 0.05) is 13.0 Å². The molecule has 0 bridgehead atoms. The van der Waals surface area contributed by atoms with Gasteiger partial charge >= 0.3 is 12.1 Å². The number of carbonyl (C=O) groups is 2. The van der Waals surface area contributed by atoms with Crippen molar-refractivity contribution < 1.29 is 37.4 Å². The quantitative estimate of drug-likeness (QED) is 0.444. The number of hydrogen-bond donors (Lipinski definition) is 2. The molecule has 1 aliphatic rings. The predicted molar refractivity (Wildman–Crippen MR) is 96.7 cm³/mol. The molecule has 0 aliphatic carbocycles. The van der Waals surface area contributed by atoms with Crippen LogP contribution in [0.3, 0.4) is 0 Å². The smallest absolute Gasteiger partial charge is 0.449 e. The number of aliphatic hydroxyl groups excluding tert-OH is 1. The Labute approximate surface area is 164 Å². The van der Waals surface area contributed by atoms with E-state index in [9.17, 15) is 27.9 Å². The lowest BCUT2D eigenvalue weighted by atomic mass is 10.1. The van der Waals surface area contributed by atoms with E-state index in [1.807, 2.05) is 0 Å². The van der Waals surface area contributed by atoms with Gasteiger partial charge in [-0.25, -0.2) is 0 Å². The summed E-state index contributed by atoms with van der Waals surface area (Å²) in [5, 5.41) is 18.6. The maximum Gasteiger partial charge on any atom is 0.449 e. The molecule has 6 nitrogen and oxygen atoms in total. The number of amides is 1. The first-order chi connectivity index (χ1) is 13.2. The van der Waals surface area contributed by atoms with Gasteiger partial charge in [-0.15, -0.1) is 0 Å². The first-order valence-corrected chi connectivity index (χ1v) is 9.96. The zero-order chi connectivity index (χ0) is 20.7. The van der Waals surface area contributed by atoms with Gasteiger partial charge in [0.25, 0.3) is 0 Å². The molecule has 1 unspecified atom stereocenters. The Hall–Kier alpha value is -1.94. The van der Waals surface area contributed by atoms with Crippen LogP contribution in [0.25, 0.3) is 0 Å². The molecule has 28 heavy (non-hydrogen) atoms. The zero-order valence-corrected chi connectivity index (χ0v) is 15.8. The topological polar surface area (TPSA) is 91.0 Å². The van der Waals surface area contributed by atoms with E-state index in [0.717, 1.165) is 25.0 Å². The molecule has 2 rings (SSSR count). The normalized spacial score (nSPS) is 18.9. The van der Waals surface area contributed by atoms with E-state index in [1.165, 1.54) is 17.8 Å². The van der Waals surface area contributed by atoms with Crippen molar-refractivity contribution in [2.75, 3.05) is 18.1 Å². The molecule has 1 aliphatic heterocycles. The lowest BCUT2D eigenvalue weighted by molar-refractivity contribution is -0.153. The number of furan rings is 1. The van der Waals surface area contributed by atoms with E-state index in [-0.39, 0.29) is 23.5 Å². The van der Waals surface area contributed by atoms with Crippen molar-refractivity contribution in [1.82, 2.24) is 4.90 Å². The van der Waals surface area contributed by atoms with Gasteiger partial charge in [-0.05, 0) is 37.1 Å². The second-order valence-corrected chi connectivity index (χ2v) is 7.48. The summed E-state index contributed by atoms with van der Waals surface area (Å²) in [5.41, 5.74) is 0. The minimum atomic E-state index is -4.61. The molecular weight excluding hydrogens is 399 g/mol. The van der Waals surface area contributed by atoms with Crippen LogP contribution in [0.4, 0.5) is 13.2 Å². The van der Waals surface area contributed by atoms with Crippen molar-refractivity contribution in [1.29, 1.82) is 0 Å². The number of hydrogen-bond acceptors (Lipinski definition) is 5. The van der Waals surface area contributed by atoms with Crippen LogP contribution >= 0.6 is 11.8 Å². The number of carboxylic acid groups (broad SMARTS) is 1. The molecule has 10 heteroatoms. The monoisotopic (exact) mass is 421 g/mol. The highest BCUT2D eigenvalue weighted by molar-refractivity contribution is 7.99. The average Bonchev–Trinajstić information content (AvgIpc) is 3.23. The summed E-state index contributed by atoms with van der Waals surface area (Å²) in [7, 11) is 0. The number of carbonyl (C=O) groups excluding carboxylic acids is 1. The maximum absolute atomic E-state index is 12.6. The molecule has 2 heterocycles. The molecular formula is C18H22F3NO5S. The zero-order valence-electron chi connectivity index (χ0n) is 15.0. The van der Waals surface area contributed by atoms with Gasteiger partial charge in [0.15, 0.2) is 0 Å². The van der Waals surface area contributed by atoms with Gasteiger partial charge in [-0.3, -0.25) is 9.59 Å². The first-order valence-electron chi connectivity index (χ1n) is 8.81. The van der Waals surface area contributed by atoms with Crippen LogP contribution in [0.1, 0.15) is 43.3 Å². The molecule has 0 saturated carbocycles. The van der Waals surface area contributed by atoms with Crippen molar-refractivity contribution in [2.24, 2.45) is 0 Å². The minimum absolute atomic E-state index is 0.0142. The lowest BCUT2D eigenvalue weighted by Crippen LogP contribution is -2.32. The van der Waals surface area contributed by atoms with Gasteiger partial charge in [-0.1, -0.05) is 12.2 Å². The number of alkyl halides is 3. The molecule has 0 spiro atoms. The summed E-state index contributed by atoms with van der Waals surface area (Å²) in [6, 6.07) is 1.61. The van der Waals surface area contributed by atoms with Crippen LogP contribution in [0, 0.1) is 0 Å². The number of aliphatic hydroxyl groups is 1. The molecule has 1 aromatic rings. The van der Waals surface area contributed by atoms with Crippen LogP contribution < -0.4 is 0 Å². The van der Waals surface area contributed by atoms with Crippen molar-refractivity contribution >= 4 is 23.6 Å². The van der Waals surface area contributed by atoms with E-state index in [1.54, 1.807) is 11.0 Å². The largest absolute Gasteiger partial charge is 0.481 e. The third kappa shape index (κ3) is 6.59. The Kier molecular flexibility index (Phi) is 7.99. The summed E-state index contributed by atoms with van der Waals surface area (Å²) in [6.45, 7) is 0.510. The van der Waals surface area contributed by atoms with Crippen LogP contribution in [0.15, 0.2) is 28.7 Å². The number of nitrogens with zero attached hydrogens (tertiary/aromatic N) is 1. The second-order valence-electron chi connectivity index (χ2n) is 6.38. The number of aliphatic carboxylic acids is 1. The van der Waals surface area contributed by atoms with E-state index < -0.39 is 24.0 Å². The first kappa shape index (κ1) is 22.4. The molecule has 1 amide bonds. The van der Waals surface area contributed by atoms with Crippen LogP contribution in [-0.2, 0) is 15.8 Å². The summed E-state index contributed by atoms with van der Waals surface area (Å²) < 4.78 is 42.3. The Balaban J connectivity index is 1.84. The molecule has 1 saturated heterocycles. The third-order valence-electron chi connectivity index (χ3n) is 4.25. The third-order valence-corrected chi connectivity index (χ3v) is 5.28. The van der Waals surface area contributed by atoms with Crippen molar-refractivity contribution in [3.63, 3.8) is 0 Å². The molecule has 0 aromatic carbocycles. The van der Waals surface area contributed by atoms with E-state index in [2.05, 4.69) is 4.42 Å². The van der Waals surface area contributed by atoms with E-state index in [0.29, 0.717) is 25.1 Å². The number of carboxylic acids is 1. The van der Waals surface area contributed by atoms with Crippen molar-refractivity contribution in [2.45, 2.75) is 44.0 Å². The molecule has 0 radical (unpaired) electrons. The summed E-state index contributed by atoms with van der Waals surface area (Å²) in [6.07, 6.45) is -0.562. The highest BCUT2D eigenvalue weighted by atomic mass is 32.2. The number of likely N-dealkylation sites (tertiary alicyclic amines) is 1. The molecule has 156 valence electrons. The Bertz CT molecular complexity index is 704. The minimum Gasteiger partial charge on any atom is -0.481 e. The number of halogens is 3. The van der Waals surface area contributed by atoms with Crippen molar-refractivity contribution in [3.05, 3.63) is 35.8 Å². The van der Waals surface area contributed by atoms with E-state index in [4.69, 9.17) is 5.11 Å². The molecule has 1 fully saturated rings. The number of rotatable bonds is 10. The highest BCUT2D eigenvalue weighted by Gasteiger charge is 2.35. The van der Waals surface area contributed by atoms with Crippen LogP contribution in [0.2, 0.25) is 0 Å². The summed E-state index contributed by atoms with van der Waals surface area (Å²) in [4.78, 5) is 24.1. The molecule has 2 atom stereocenters. The van der Waals surface area contributed by atoms with Gasteiger partial charge in [0.1, 0.15) is 11.9 Å². The van der Waals surface area contributed by atoms with Crippen LogP contribution in [0.5, 0.6) is 0 Å². The molecule has 2 N–H and O–H groups in total. The lowest BCUT2D eigenvalue weighted by Gasteiger charge is -2.22. The maximum atomic E-state index is 12.6. The Morgan fingerprint density at radius 1 is 1.39 bits per heavy atom. The Morgan fingerprint density at radius 2 is 2.14 bits per heavy atom. The second kappa shape index (κ2) is 10.0. The summed E-state index contributed by atoms with van der Waals surface area (Å²) >= 11 is 1.32. The van der Waals surface area contributed by atoms with Gasteiger partial charge in [-0.2, -0.15) is 24.9 Å². The SMILES string of the molecule is O=C(O)CSCCCCN1C(=O)CC[C@@H]1/C=C/C(O)c1ccc(C(F)(F)F)o1.